The van der Waals surface area contributed by atoms with E-state index in [1.54, 1.807) is 20.8 Å². The van der Waals surface area contributed by atoms with Crippen molar-refractivity contribution in [2.45, 2.75) is 39.3 Å². The van der Waals surface area contributed by atoms with Crippen LogP contribution in [0, 0.1) is 0 Å². The van der Waals surface area contributed by atoms with Crippen molar-refractivity contribution in [3.05, 3.63) is 29.8 Å². The number of carbonyl (C=O) groups is 3. The number of esters is 1. The lowest BCUT2D eigenvalue weighted by molar-refractivity contribution is -0.136. The molecule has 0 saturated carbocycles. The lowest BCUT2D eigenvalue weighted by Gasteiger charge is -2.21. The summed E-state index contributed by atoms with van der Waals surface area (Å²) < 4.78 is 10.1. The van der Waals surface area contributed by atoms with Gasteiger partial charge in [0.2, 0.25) is 0 Å². The highest BCUT2D eigenvalue weighted by molar-refractivity contribution is 5.88. The average Bonchev–Trinajstić information content (AvgIpc) is 2.36. The first-order chi connectivity index (χ1) is 10.1. The van der Waals surface area contributed by atoms with Crippen LogP contribution in [0.3, 0.4) is 0 Å². The van der Waals surface area contributed by atoms with Crippen LogP contribution in [0.2, 0.25) is 0 Å². The monoisotopic (exact) mass is 309 g/mol. The largest absolute Gasteiger partial charge is 0.478 e. The molecule has 0 heterocycles. The number of carboxylic acid groups (broad SMARTS) is 1. The summed E-state index contributed by atoms with van der Waals surface area (Å²) in [5.74, 6) is -1.57. The van der Waals surface area contributed by atoms with Crippen LogP contribution in [0.15, 0.2) is 24.3 Å². The van der Waals surface area contributed by atoms with Crippen molar-refractivity contribution in [2.24, 2.45) is 0 Å². The predicted octanol–water partition coefficient (Wildman–Crippen LogP) is 2.20. The SMILES string of the molecule is C[C@H](NC(=O)OC(C)(C)C)C(=O)Oc1ccc(C(=O)O)cc1. The average molecular weight is 309 g/mol. The molecule has 1 atom stereocenters. The number of nitrogens with one attached hydrogen (secondary N) is 1. The molecule has 0 radical (unpaired) electrons. The van der Waals surface area contributed by atoms with Gasteiger partial charge in [-0.15, -0.1) is 0 Å². The van der Waals surface area contributed by atoms with Crippen LogP contribution in [0.5, 0.6) is 5.75 Å². The number of rotatable bonds is 4. The second-order valence-electron chi connectivity index (χ2n) is 5.62. The minimum absolute atomic E-state index is 0.0831. The van der Waals surface area contributed by atoms with Crippen LogP contribution < -0.4 is 10.1 Å². The molecule has 7 heteroatoms. The molecule has 2 N–H and O–H groups in total. The van der Waals surface area contributed by atoms with Crippen molar-refractivity contribution < 1.29 is 29.0 Å². The first-order valence-electron chi connectivity index (χ1n) is 6.63. The molecular weight excluding hydrogens is 290 g/mol. The van der Waals surface area contributed by atoms with Gasteiger partial charge in [-0.3, -0.25) is 0 Å². The number of benzene rings is 1. The summed E-state index contributed by atoms with van der Waals surface area (Å²) in [6, 6.07) is 4.45. The van der Waals surface area contributed by atoms with Crippen LogP contribution in [0.1, 0.15) is 38.1 Å². The Morgan fingerprint density at radius 3 is 2.14 bits per heavy atom. The van der Waals surface area contributed by atoms with Gasteiger partial charge in [-0.05, 0) is 52.0 Å². The molecule has 0 aliphatic heterocycles. The third-order valence-corrected chi connectivity index (χ3v) is 2.41. The Labute approximate surface area is 128 Å². The zero-order valence-electron chi connectivity index (χ0n) is 12.9. The molecule has 1 rings (SSSR count). The van der Waals surface area contributed by atoms with Gasteiger partial charge in [0.25, 0.3) is 0 Å². The fraction of sp³-hybridized carbons (Fsp3) is 0.400. The quantitative estimate of drug-likeness (QED) is 0.653. The second kappa shape index (κ2) is 6.93. The fourth-order valence-corrected chi connectivity index (χ4v) is 1.41. The third kappa shape index (κ3) is 5.82. The van der Waals surface area contributed by atoms with Crippen molar-refractivity contribution in [3.63, 3.8) is 0 Å². The van der Waals surface area contributed by atoms with Gasteiger partial charge in [-0.1, -0.05) is 0 Å². The lowest BCUT2D eigenvalue weighted by Crippen LogP contribution is -2.43. The first-order valence-corrected chi connectivity index (χ1v) is 6.63. The number of ether oxygens (including phenoxy) is 2. The maximum atomic E-state index is 11.8. The number of carbonyl (C=O) groups excluding carboxylic acids is 2. The summed E-state index contributed by atoms with van der Waals surface area (Å²) >= 11 is 0. The Hall–Kier alpha value is -2.57. The van der Waals surface area contributed by atoms with E-state index >= 15 is 0 Å². The molecule has 0 aliphatic carbocycles. The zero-order chi connectivity index (χ0) is 16.9. The van der Waals surface area contributed by atoms with Gasteiger partial charge in [0.1, 0.15) is 17.4 Å². The van der Waals surface area contributed by atoms with E-state index in [0.29, 0.717) is 0 Å². The van der Waals surface area contributed by atoms with Gasteiger partial charge in [0.05, 0.1) is 5.56 Å². The van der Waals surface area contributed by atoms with Crippen molar-refractivity contribution in [1.82, 2.24) is 5.32 Å². The molecule has 1 aromatic rings. The van der Waals surface area contributed by atoms with Gasteiger partial charge in [-0.2, -0.15) is 0 Å². The molecule has 0 aliphatic rings. The van der Waals surface area contributed by atoms with Gasteiger partial charge in [0.15, 0.2) is 0 Å². The van der Waals surface area contributed by atoms with E-state index in [4.69, 9.17) is 14.6 Å². The van der Waals surface area contributed by atoms with E-state index in [1.807, 2.05) is 0 Å². The summed E-state index contributed by atoms with van der Waals surface area (Å²) in [6.45, 7) is 6.58. The Kier molecular flexibility index (Phi) is 5.50. The van der Waals surface area contributed by atoms with Gasteiger partial charge < -0.3 is 19.9 Å². The Bertz CT molecular complexity index is 558. The molecule has 1 amide bonds. The highest BCUT2D eigenvalue weighted by Crippen LogP contribution is 2.13. The zero-order valence-corrected chi connectivity index (χ0v) is 12.9. The van der Waals surface area contributed by atoms with Crippen LogP contribution in [-0.4, -0.2) is 34.8 Å². The lowest BCUT2D eigenvalue weighted by atomic mass is 10.2. The Balaban J connectivity index is 2.57. The molecule has 0 bridgehead atoms. The highest BCUT2D eigenvalue weighted by Gasteiger charge is 2.22. The number of hydrogen-bond acceptors (Lipinski definition) is 5. The number of hydrogen-bond donors (Lipinski definition) is 2. The Morgan fingerprint density at radius 1 is 1.14 bits per heavy atom. The van der Waals surface area contributed by atoms with E-state index in [9.17, 15) is 14.4 Å². The topological polar surface area (TPSA) is 102 Å². The molecule has 0 spiro atoms. The van der Waals surface area contributed by atoms with E-state index in [-0.39, 0.29) is 11.3 Å². The summed E-state index contributed by atoms with van der Waals surface area (Å²) in [6.07, 6.45) is -0.724. The van der Waals surface area contributed by atoms with Crippen molar-refractivity contribution >= 4 is 18.0 Å². The Morgan fingerprint density at radius 2 is 1.68 bits per heavy atom. The molecular formula is C15H19NO6. The third-order valence-electron chi connectivity index (χ3n) is 2.41. The molecule has 7 nitrogen and oxygen atoms in total. The molecule has 22 heavy (non-hydrogen) atoms. The molecule has 0 saturated heterocycles. The van der Waals surface area contributed by atoms with Crippen LogP contribution in [0.4, 0.5) is 4.79 Å². The summed E-state index contributed by atoms with van der Waals surface area (Å²) in [5, 5.41) is 11.1. The molecule has 1 aromatic carbocycles. The second-order valence-corrected chi connectivity index (χ2v) is 5.62. The number of amides is 1. The van der Waals surface area contributed by atoms with E-state index in [1.165, 1.54) is 31.2 Å². The smallest absolute Gasteiger partial charge is 0.408 e. The first kappa shape index (κ1) is 17.5. The van der Waals surface area contributed by atoms with Crippen molar-refractivity contribution in [1.29, 1.82) is 0 Å². The summed E-state index contributed by atoms with van der Waals surface area (Å²) in [7, 11) is 0. The van der Waals surface area contributed by atoms with E-state index in [2.05, 4.69) is 5.32 Å². The maximum absolute atomic E-state index is 11.8. The van der Waals surface area contributed by atoms with E-state index in [0.717, 1.165) is 0 Å². The number of aromatic carboxylic acids is 1. The van der Waals surface area contributed by atoms with Crippen LogP contribution in [-0.2, 0) is 9.53 Å². The molecule has 0 fully saturated rings. The standard InChI is InChI=1S/C15H19NO6/c1-9(16-14(20)22-15(2,3)4)13(19)21-11-7-5-10(6-8-11)12(17)18/h5-9H,1-4H3,(H,16,20)(H,17,18)/t9-/m0/s1. The number of alkyl carbamates (subject to hydrolysis) is 1. The van der Waals surface area contributed by atoms with Crippen LogP contribution >= 0.6 is 0 Å². The van der Waals surface area contributed by atoms with Gasteiger partial charge >= 0.3 is 18.0 Å². The van der Waals surface area contributed by atoms with Gasteiger partial charge in [-0.25, -0.2) is 14.4 Å². The van der Waals surface area contributed by atoms with Crippen molar-refractivity contribution in [3.8, 4) is 5.75 Å². The molecule has 0 aromatic heterocycles. The summed E-state index contributed by atoms with van der Waals surface area (Å²) in [5.41, 5.74) is -0.583. The normalized spacial score (nSPS) is 12.2. The van der Waals surface area contributed by atoms with Crippen LogP contribution in [0.25, 0.3) is 0 Å². The molecule has 120 valence electrons. The maximum Gasteiger partial charge on any atom is 0.408 e. The minimum Gasteiger partial charge on any atom is -0.478 e. The highest BCUT2D eigenvalue weighted by atomic mass is 16.6. The molecule has 0 unspecified atom stereocenters. The van der Waals surface area contributed by atoms with Crippen molar-refractivity contribution in [2.75, 3.05) is 0 Å². The predicted molar refractivity (Wildman–Crippen MR) is 77.9 cm³/mol. The fourth-order valence-electron chi connectivity index (χ4n) is 1.41. The van der Waals surface area contributed by atoms with E-state index < -0.39 is 29.7 Å². The van der Waals surface area contributed by atoms with Gasteiger partial charge in [0, 0.05) is 0 Å². The number of carboxylic acids is 1. The minimum atomic E-state index is -1.07. The summed E-state index contributed by atoms with van der Waals surface area (Å²) in [4.78, 5) is 34.1.